The Morgan fingerprint density at radius 1 is 1.69 bits per heavy atom. The zero-order chi connectivity index (χ0) is 11.6. The molecular formula is C11H14N4O. The first-order valence-electron chi connectivity index (χ1n) is 5.27. The summed E-state index contributed by atoms with van der Waals surface area (Å²) in [4.78, 5) is 0. The monoisotopic (exact) mass is 218 g/mol. The van der Waals surface area contributed by atoms with Crippen LogP contribution in [0.25, 0.3) is 0 Å². The summed E-state index contributed by atoms with van der Waals surface area (Å²) >= 11 is 0. The zero-order valence-electron chi connectivity index (χ0n) is 9.40. The van der Waals surface area contributed by atoms with Gasteiger partial charge in [-0.3, -0.25) is 0 Å². The number of nitrogens with one attached hydrogen (secondary N) is 1. The second-order valence-corrected chi connectivity index (χ2v) is 4.21. The Hall–Kier alpha value is -1.67. The van der Waals surface area contributed by atoms with Crippen molar-refractivity contribution >= 4 is 5.82 Å². The van der Waals surface area contributed by atoms with Gasteiger partial charge in [-0.1, -0.05) is 0 Å². The summed E-state index contributed by atoms with van der Waals surface area (Å²) in [5, 5.41) is 20.0. The fourth-order valence-electron chi connectivity index (χ4n) is 1.78. The van der Waals surface area contributed by atoms with Crippen LogP contribution in [0.2, 0.25) is 0 Å². The maximum atomic E-state index is 8.95. The highest BCUT2D eigenvalue weighted by Crippen LogP contribution is 2.29. The van der Waals surface area contributed by atoms with Crippen molar-refractivity contribution in [1.29, 1.82) is 5.26 Å². The molecule has 2 heterocycles. The third-order valence-electron chi connectivity index (χ3n) is 3.13. The van der Waals surface area contributed by atoms with E-state index in [0.717, 1.165) is 13.0 Å². The highest BCUT2D eigenvalue weighted by Gasteiger charge is 2.37. The molecule has 1 aliphatic rings. The first-order chi connectivity index (χ1) is 7.65. The van der Waals surface area contributed by atoms with Crippen molar-refractivity contribution in [3.8, 4) is 6.07 Å². The third-order valence-corrected chi connectivity index (χ3v) is 3.13. The summed E-state index contributed by atoms with van der Waals surface area (Å²) in [6.45, 7) is 4.82. The van der Waals surface area contributed by atoms with Gasteiger partial charge in [0.25, 0.3) is 0 Å². The van der Waals surface area contributed by atoms with Crippen LogP contribution in [0.1, 0.15) is 25.8 Å². The number of nitriles is 1. The lowest BCUT2D eigenvalue weighted by atomic mass is 9.94. The van der Waals surface area contributed by atoms with Crippen LogP contribution in [0.5, 0.6) is 0 Å². The highest BCUT2D eigenvalue weighted by atomic mass is 16.5. The van der Waals surface area contributed by atoms with Crippen LogP contribution in [0, 0.1) is 11.3 Å². The van der Waals surface area contributed by atoms with Gasteiger partial charge in [-0.05, 0) is 26.3 Å². The largest absolute Gasteiger partial charge is 0.376 e. The molecule has 84 valence electrons. The van der Waals surface area contributed by atoms with Gasteiger partial charge in [0.1, 0.15) is 6.07 Å². The van der Waals surface area contributed by atoms with Gasteiger partial charge >= 0.3 is 0 Å². The fourth-order valence-corrected chi connectivity index (χ4v) is 1.78. The molecule has 0 aliphatic carbocycles. The van der Waals surface area contributed by atoms with Crippen molar-refractivity contribution in [3.63, 3.8) is 0 Å². The molecule has 1 fully saturated rings. The molecule has 2 rings (SSSR count). The minimum absolute atomic E-state index is 0.0982. The van der Waals surface area contributed by atoms with E-state index in [1.165, 1.54) is 6.20 Å². The Labute approximate surface area is 94.4 Å². The molecule has 0 aromatic carbocycles. The van der Waals surface area contributed by atoms with Crippen molar-refractivity contribution in [1.82, 2.24) is 10.2 Å². The van der Waals surface area contributed by atoms with Gasteiger partial charge in [-0.2, -0.15) is 10.4 Å². The van der Waals surface area contributed by atoms with Crippen LogP contribution in [0.3, 0.4) is 0 Å². The highest BCUT2D eigenvalue weighted by molar-refractivity contribution is 5.52. The summed E-state index contributed by atoms with van der Waals surface area (Å²) in [5.74, 6) is 0.532. The second kappa shape index (κ2) is 4.06. The smallest absolute Gasteiger partial charge is 0.167 e. The number of hydrogen-bond acceptors (Lipinski definition) is 5. The molecule has 1 aromatic rings. The van der Waals surface area contributed by atoms with Gasteiger partial charge in [-0.15, -0.1) is 5.10 Å². The van der Waals surface area contributed by atoms with E-state index in [9.17, 15) is 0 Å². The van der Waals surface area contributed by atoms with Crippen molar-refractivity contribution < 1.29 is 4.74 Å². The fraction of sp³-hybridized carbons (Fsp3) is 0.545. The van der Waals surface area contributed by atoms with E-state index >= 15 is 0 Å². The number of hydrogen-bond donors (Lipinski definition) is 1. The maximum Gasteiger partial charge on any atom is 0.167 e. The lowest BCUT2D eigenvalue weighted by Gasteiger charge is -2.29. The summed E-state index contributed by atoms with van der Waals surface area (Å²) < 4.78 is 5.52. The molecule has 16 heavy (non-hydrogen) atoms. The lowest BCUT2D eigenvalue weighted by Crippen LogP contribution is -2.41. The van der Waals surface area contributed by atoms with Gasteiger partial charge in [-0.25, -0.2) is 0 Å². The minimum Gasteiger partial charge on any atom is -0.376 e. The van der Waals surface area contributed by atoms with Gasteiger partial charge in [0.15, 0.2) is 5.82 Å². The van der Waals surface area contributed by atoms with E-state index in [1.807, 2.05) is 6.92 Å². The number of rotatable bonds is 2. The number of nitrogens with zero attached hydrogens (tertiary/aromatic N) is 3. The molecule has 1 saturated heterocycles. The van der Waals surface area contributed by atoms with Crippen LogP contribution in [0.4, 0.5) is 5.82 Å². The molecule has 2 atom stereocenters. The summed E-state index contributed by atoms with van der Waals surface area (Å²) in [5.41, 5.74) is 0.331. The molecule has 5 heteroatoms. The Morgan fingerprint density at radius 2 is 2.50 bits per heavy atom. The molecule has 0 radical (unpaired) electrons. The Morgan fingerprint density at radius 3 is 3.12 bits per heavy atom. The van der Waals surface area contributed by atoms with Crippen LogP contribution in [-0.2, 0) is 4.74 Å². The molecule has 1 aliphatic heterocycles. The summed E-state index contributed by atoms with van der Waals surface area (Å²) in [6.07, 6.45) is 2.51. The van der Waals surface area contributed by atoms with Crippen LogP contribution < -0.4 is 5.32 Å². The number of ether oxygens (including phenoxy) is 1. The minimum atomic E-state index is -0.179. The molecule has 1 N–H and O–H groups in total. The third kappa shape index (κ3) is 1.84. The predicted molar refractivity (Wildman–Crippen MR) is 58.8 cm³/mol. The predicted octanol–water partition coefficient (Wildman–Crippen LogP) is 1.33. The molecule has 0 spiro atoms. The lowest BCUT2D eigenvalue weighted by molar-refractivity contribution is 0.105. The SMILES string of the molecule is CC1OCCC1(C)Nc1nnccc1C#N. The van der Waals surface area contributed by atoms with E-state index in [0.29, 0.717) is 11.4 Å². The molecule has 0 bridgehead atoms. The van der Waals surface area contributed by atoms with E-state index in [1.54, 1.807) is 6.07 Å². The van der Waals surface area contributed by atoms with Crippen LogP contribution in [0.15, 0.2) is 12.3 Å². The Bertz CT molecular complexity index is 428. The first kappa shape index (κ1) is 10.8. The van der Waals surface area contributed by atoms with Crippen LogP contribution in [-0.4, -0.2) is 28.4 Å². The van der Waals surface area contributed by atoms with E-state index in [2.05, 4.69) is 28.5 Å². The van der Waals surface area contributed by atoms with E-state index in [-0.39, 0.29) is 11.6 Å². The van der Waals surface area contributed by atoms with Crippen molar-refractivity contribution in [2.75, 3.05) is 11.9 Å². The van der Waals surface area contributed by atoms with E-state index < -0.39 is 0 Å². The number of aromatic nitrogens is 2. The second-order valence-electron chi connectivity index (χ2n) is 4.21. The molecule has 2 unspecified atom stereocenters. The standard InChI is InChI=1S/C11H14N4O/c1-8-11(2,4-6-16-8)14-10-9(7-12)3-5-13-15-10/h3,5,8H,4,6H2,1-2H3,(H,14,15). The van der Waals surface area contributed by atoms with Gasteiger partial charge < -0.3 is 10.1 Å². The van der Waals surface area contributed by atoms with Crippen LogP contribution >= 0.6 is 0 Å². The molecular weight excluding hydrogens is 204 g/mol. The summed E-state index contributed by atoms with van der Waals surface area (Å²) in [6, 6.07) is 3.75. The number of anilines is 1. The quantitative estimate of drug-likeness (QED) is 0.810. The first-order valence-corrected chi connectivity index (χ1v) is 5.27. The summed E-state index contributed by atoms with van der Waals surface area (Å²) in [7, 11) is 0. The molecule has 5 nitrogen and oxygen atoms in total. The Balaban J connectivity index is 2.24. The van der Waals surface area contributed by atoms with Crippen molar-refractivity contribution in [3.05, 3.63) is 17.8 Å². The maximum absolute atomic E-state index is 8.95. The van der Waals surface area contributed by atoms with Gasteiger partial charge in [0, 0.05) is 6.61 Å². The zero-order valence-corrected chi connectivity index (χ0v) is 9.40. The Kier molecular flexibility index (Phi) is 2.75. The normalized spacial score (nSPS) is 28.7. The molecule has 0 amide bonds. The average Bonchev–Trinajstić information content (AvgIpc) is 2.60. The van der Waals surface area contributed by atoms with Gasteiger partial charge in [0.05, 0.1) is 23.4 Å². The topological polar surface area (TPSA) is 70.8 Å². The van der Waals surface area contributed by atoms with Crippen molar-refractivity contribution in [2.24, 2.45) is 0 Å². The average molecular weight is 218 g/mol. The van der Waals surface area contributed by atoms with E-state index in [4.69, 9.17) is 10.00 Å². The van der Waals surface area contributed by atoms with Crippen molar-refractivity contribution in [2.45, 2.75) is 31.9 Å². The molecule has 0 saturated carbocycles. The molecule has 1 aromatic heterocycles. The van der Waals surface area contributed by atoms with Gasteiger partial charge in [0.2, 0.25) is 0 Å².